The number of hydrogen-bond donors (Lipinski definition) is 2. The molecule has 0 fully saturated rings. The summed E-state index contributed by atoms with van der Waals surface area (Å²) in [5, 5.41) is 24.2. The molecule has 4 aromatic rings. The Kier molecular flexibility index (Phi) is 4.41. The zero-order valence-electron chi connectivity index (χ0n) is 14.4. The van der Waals surface area contributed by atoms with Gasteiger partial charge in [-0.05, 0) is 48.0 Å². The number of benzene rings is 3. The van der Waals surface area contributed by atoms with Crippen LogP contribution < -0.4 is 0 Å². The van der Waals surface area contributed by atoms with Crippen LogP contribution in [0.2, 0.25) is 0 Å². The highest BCUT2D eigenvalue weighted by atomic mass is 16.3. The Hall–Kier alpha value is -3.86. The molecule has 0 unspecified atom stereocenters. The fourth-order valence-corrected chi connectivity index (χ4v) is 2.74. The van der Waals surface area contributed by atoms with E-state index >= 15 is 0 Å². The van der Waals surface area contributed by atoms with Crippen LogP contribution >= 0.6 is 0 Å². The van der Waals surface area contributed by atoms with E-state index in [9.17, 15) is 10.2 Å². The van der Waals surface area contributed by atoms with Crippen molar-refractivity contribution in [3.63, 3.8) is 0 Å². The summed E-state index contributed by atoms with van der Waals surface area (Å²) in [5.74, 6) is 1.45. The fourth-order valence-electron chi connectivity index (χ4n) is 2.74. The van der Waals surface area contributed by atoms with Crippen molar-refractivity contribution < 1.29 is 10.2 Å². The van der Waals surface area contributed by atoms with Crippen LogP contribution in [0.5, 0.6) is 11.5 Å². The first-order chi connectivity index (χ1) is 13.2. The third-order valence-corrected chi connectivity index (χ3v) is 4.09. The molecule has 5 heteroatoms. The molecule has 2 N–H and O–H groups in total. The van der Waals surface area contributed by atoms with Gasteiger partial charge in [0.2, 0.25) is 0 Å². The summed E-state index contributed by atoms with van der Waals surface area (Å²) in [6.07, 6.45) is 3.67. The van der Waals surface area contributed by atoms with Crippen LogP contribution in [-0.4, -0.2) is 25.0 Å². The average Bonchev–Trinajstić information content (AvgIpc) is 3.13. The molecule has 0 aliphatic carbocycles. The van der Waals surface area contributed by atoms with Crippen LogP contribution in [0.1, 0.15) is 11.4 Å². The van der Waals surface area contributed by atoms with Gasteiger partial charge in [0.1, 0.15) is 11.5 Å². The Labute approximate surface area is 156 Å². The normalized spacial score (nSPS) is 11.1. The van der Waals surface area contributed by atoms with Crippen molar-refractivity contribution in [2.45, 2.75) is 0 Å². The average molecular weight is 355 g/mol. The van der Waals surface area contributed by atoms with Crippen molar-refractivity contribution in [2.24, 2.45) is 0 Å². The first kappa shape index (κ1) is 16.6. The maximum atomic E-state index is 10.3. The summed E-state index contributed by atoms with van der Waals surface area (Å²) in [7, 11) is 0. The molecular weight excluding hydrogens is 338 g/mol. The van der Waals surface area contributed by atoms with Gasteiger partial charge >= 0.3 is 0 Å². The van der Waals surface area contributed by atoms with E-state index in [1.807, 2.05) is 60.7 Å². The molecule has 0 amide bonds. The molecule has 1 heterocycles. The second kappa shape index (κ2) is 7.17. The first-order valence-electron chi connectivity index (χ1n) is 8.49. The van der Waals surface area contributed by atoms with Gasteiger partial charge in [0.25, 0.3) is 0 Å². The molecule has 4 rings (SSSR count). The zero-order chi connectivity index (χ0) is 18.6. The van der Waals surface area contributed by atoms with Crippen molar-refractivity contribution >= 4 is 12.2 Å². The van der Waals surface area contributed by atoms with E-state index in [-0.39, 0.29) is 11.5 Å². The highest BCUT2D eigenvalue weighted by Crippen LogP contribution is 2.29. The van der Waals surface area contributed by atoms with Gasteiger partial charge < -0.3 is 10.2 Å². The Balaban J connectivity index is 1.78. The van der Waals surface area contributed by atoms with E-state index < -0.39 is 0 Å². The van der Waals surface area contributed by atoms with Crippen LogP contribution in [0.3, 0.4) is 0 Å². The molecule has 27 heavy (non-hydrogen) atoms. The fraction of sp³-hybridized carbons (Fsp3) is 0. The Morgan fingerprint density at radius 1 is 0.741 bits per heavy atom. The van der Waals surface area contributed by atoms with Gasteiger partial charge in [0.05, 0.1) is 11.3 Å². The molecule has 0 radical (unpaired) electrons. The number of aromatic hydroxyl groups is 2. The van der Waals surface area contributed by atoms with E-state index in [1.54, 1.807) is 35.0 Å². The van der Waals surface area contributed by atoms with Gasteiger partial charge in [-0.25, -0.2) is 9.67 Å². The topological polar surface area (TPSA) is 71.2 Å². The van der Waals surface area contributed by atoms with E-state index in [0.29, 0.717) is 17.2 Å². The maximum absolute atomic E-state index is 10.3. The van der Waals surface area contributed by atoms with E-state index in [2.05, 4.69) is 10.1 Å². The standard InChI is InChI=1S/C22H17N3O2/c26-18-13-10-16(11-14-18)12-15-21-23-22(19-8-4-5-9-20(19)27)25(24-21)17-6-2-1-3-7-17/h1-15,26-27H/b15-12+. The lowest BCUT2D eigenvalue weighted by atomic mass is 10.2. The minimum Gasteiger partial charge on any atom is -0.508 e. The largest absolute Gasteiger partial charge is 0.508 e. The highest BCUT2D eigenvalue weighted by Gasteiger charge is 2.15. The second-order valence-electron chi connectivity index (χ2n) is 5.98. The smallest absolute Gasteiger partial charge is 0.175 e. The van der Waals surface area contributed by atoms with E-state index in [1.165, 1.54) is 0 Å². The minimum atomic E-state index is 0.149. The van der Waals surface area contributed by atoms with Gasteiger partial charge in [0, 0.05) is 0 Å². The summed E-state index contributed by atoms with van der Waals surface area (Å²) in [4.78, 5) is 4.61. The molecule has 5 nitrogen and oxygen atoms in total. The molecule has 0 atom stereocenters. The number of para-hydroxylation sites is 2. The Bertz CT molecular complexity index is 1080. The minimum absolute atomic E-state index is 0.149. The summed E-state index contributed by atoms with van der Waals surface area (Å²) in [5.41, 5.74) is 2.39. The van der Waals surface area contributed by atoms with Gasteiger partial charge in [-0.3, -0.25) is 0 Å². The predicted octanol–water partition coefficient (Wildman–Crippen LogP) is 4.52. The molecule has 0 aliphatic rings. The maximum Gasteiger partial charge on any atom is 0.175 e. The number of phenols is 2. The molecule has 132 valence electrons. The van der Waals surface area contributed by atoms with Crippen molar-refractivity contribution in [3.05, 3.63) is 90.3 Å². The van der Waals surface area contributed by atoms with Gasteiger partial charge in [-0.15, -0.1) is 5.10 Å². The van der Waals surface area contributed by atoms with Crippen molar-refractivity contribution in [1.29, 1.82) is 0 Å². The number of rotatable bonds is 4. The third kappa shape index (κ3) is 3.57. The number of nitrogens with zero attached hydrogens (tertiary/aromatic N) is 3. The quantitative estimate of drug-likeness (QED) is 0.565. The SMILES string of the molecule is Oc1ccc(/C=C/c2nc(-c3ccccc3O)n(-c3ccccc3)n2)cc1. The molecule has 0 saturated heterocycles. The summed E-state index contributed by atoms with van der Waals surface area (Å²) < 4.78 is 1.71. The van der Waals surface area contributed by atoms with Crippen LogP contribution in [0.4, 0.5) is 0 Å². The monoisotopic (exact) mass is 355 g/mol. The summed E-state index contributed by atoms with van der Waals surface area (Å²) >= 11 is 0. The van der Waals surface area contributed by atoms with Crippen LogP contribution in [-0.2, 0) is 0 Å². The lowest BCUT2D eigenvalue weighted by molar-refractivity contribution is 0.475. The van der Waals surface area contributed by atoms with Gasteiger partial charge in [0.15, 0.2) is 11.6 Å². The van der Waals surface area contributed by atoms with Crippen molar-refractivity contribution in [2.75, 3.05) is 0 Å². The lowest BCUT2D eigenvalue weighted by Crippen LogP contribution is -1.99. The number of phenolic OH excluding ortho intramolecular Hbond substituents is 2. The third-order valence-electron chi connectivity index (χ3n) is 4.09. The van der Waals surface area contributed by atoms with Crippen LogP contribution in [0.25, 0.3) is 29.2 Å². The Morgan fingerprint density at radius 2 is 1.44 bits per heavy atom. The van der Waals surface area contributed by atoms with E-state index in [0.717, 1.165) is 11.3 Å². The van der Waals surface area contributed by atoms with Gasteiger partial charge in [-0.1, -0.05) is 48.5 Å². The Morgan fingerprint density at radius 3 is 2.19 bits per heavy atom. The molecule has 0 bridgehead atoms. The molecule has 3 aromatic carbocycles. The van der Waals surface area contributed by atoms with Gasteiger partial charge in [-0.2, -0.15) is 0 Å². The molecule has 1 aromatic heterocycles. The molecule has 0 aliphatic heterocycles. The highest BCUT2D eigenvalue weighted by molar-refractivity contribution is 5.70. The molecular formula is C22H17N3O2. The zero-order valence-corrected chi connectivity index (χ0v) is 14.4. The van der Waals surface area contributed by atoms with Crippen LogP contribution in [0, 0.1) is 0 Å². The van der Waals surface area contributed by atoms with Crippen molar-refractivity contribution in [1.82, 2.24) is 14.8 Å². The molecule has 0 saturated carbocycles. The van der Waals surface area contributed by atoms with Crippen molar-refractivity contribution in [3.8, 4) is 28.6 Å². The predicted molar refractivity (Wildman–Crippen MR) is 105 cm³/mol. The second-order valence-corrected chi connectivity index (χ2v) is 5.98. The summed E-state index contributed by atoms with van der Waals surface area (Å²) in [6, 6.07) is 23.6. The summed E-state index contributed by atoms with van der Waals surface area (Å²) in [6.45, 7) is 0. The lowest BCUT2D eigenvalue weighted by Gasteiger charge is -2.06. The number of aromatic nitrogens is 3. The van der Waals surface area contributed by atoms with Crippen LogP contribution in [0.15, 0.2) is 78.9 Å². The number of hydrogen-bond acceptors (Lipinski definition) is 4. The first-order valence-corrected chi connectivity index (χ1v) is 8.49. The van der Waals surface area contributed by atoms with E-state index in [4.69, 9.17) is 0 Å². The molecule has 0 spiro atoms.